The first-order chi connectivity index (χ1) is 21.4. The van der Waals surface area contributed by atoms with Crippen molar-refractivity contribution in [1.29, 1.82) is 0 Å². The Morgan fingerprint density at radius 1 is 0.644 bits per heavy atom. The molecule has 4 aromatic carbocycles. The van der Waals surface area contributed by atoms with Gasteiger partial charge in [-0.3, -0.25) is 20.2 Å². The summed E-state index contributed by atoms with van der Waals surface area (Å²) in [4.78, 5) is 22.3. The molecule has 0 saturated heterocycles. The van der Waals surface area contributed by atoms with Gasteiger partial charge in [0.25, 0.3) is 11.4 Å². The lowest BCUT2D eigenvalue weighted by atomic mass is 10.1. The van der Waals surface area contributed by atoms with E-state index in [1.165, 1.54) is 50.6 Å². The van der Waals surface area contributed by atoms with Crippen LogP contribution in [-0.2, 0) is 9.84 Å². The summed E-state index contributed by atoms with van der Waals surface area (Å²) in [5, 5.41) is 20.5. The highest BCUT2D eigenvalue weighted by Crippen LogP contribution is 2.44. The monoisotopic (exact) mass is 756 g/mol. The van der Waals surface area contributed by atoms with Crippen molar-refractivity contribution < 1.29 is 27.7 Å². The van der Waals surface area contributed by atoms with Crippen molar-refractivity contribution in [3.63, 3.8) is 0 Å². The Morgan fingerprint density at radius 2 is 1.00 bits per heavy atom. The molecule has 0 aliphatic heterocycles. The normalized spacial score (nSPS) is 13.1. The maximum atomic E-state index is 14.9. The van der Waals surface area contributed by atoms with Crippen LogP contribution >= 0.6 is 31.9 Å². The SMILES string of the molecule is COc1ccc([N+](=O)[O-])cc1C(C=Cc1ccc(Br)cc1)S(=O)(=O)C(C=Cc1ccc(Br)cc1)c1cc([N+](=O)[O-])ccc1OC. The summed E-state index contributed by atoms with van der Waals surface area (Å²) < 4.78 is 42.4. The topological polar surface area (TPSA) is 139 Å². The van der Waals surface area contributed by atoms with Gasteiger partial charge >= 0.3 is 0 Å². The lowest BCUT2D eigenvalue weighted by Crippen LogP contribution is -2.20. The number of nitrogens with zero attached hydrogens (tertiary/aromatic N) is 2. The predicted octanol–water partition coefficient (Wildman–Crippen LogP) is 8.67. The molecule has 2 unspecified atom stereocenters. The molecule has 0 saturated carbocycles. The molecule has 13 heteroatoms. The van der Waals surface area contributed by atoms with Crippen LogP contribution in [0, 0.1) is 20.2 Å². The van der Waals surface area contributed by atoms with Crippen LogP contribution in [0.1, 0.15) is 32.8 Å². The minimum absolute atomic E-state index is 0.0199. The lowest BCUT2D eigenvalue weighted by Gasteiger charge is -2.24. The highest BCUT2D eigenvalue weighted by atomic mass is 79.9. The fourth-order valence-electron chi connectivity index (χ4n) is 4.60. The number of hydrogen-bond donors (Lipinski definition) is 0. The Morgan fingerprint density at radius 3 is 1.31 bits per heavy atom. The van der Waals surface area contributed by atoms with Crippen LogP contribution in [-0.4, -0.2) is 32.5 Å². The molecule has 0 spiro atoms. The van der Waals surface area contributed by atoms with Gasteiger partial charge < -0.3 is 9.47 Å². The lowest BCUT2D eigenvalue weighted by molar-refractivity contribution is -0.385. The molecule has 0 radical (unpaired) electrons. The Kier molecular flexibility index (Phi) is 10.9. The zero-order chi connectivity index (χ0) is 32.7. The fourth-order valence-corrected chi connectivity index (χ4v) is 7.11. The number of sulfone groups is 1. The third-order valence-electron chi connectivity index (χ3n) is 6.84. The average Bonchev–Trinajstić information content (AvgIpc) is 3.02. The largest absolute Gasteiger partial charge is 0.496 e. The van der Waals surface area contributed by atoms with Gasteiger partial charge in [-0.15, -0.1) is 0 Å². The molecule has 0 N–H and O–H groups in total. The fraction of sp³-hybridized carbons (Fsp3) is 0.125. The highest BCUT2D eigenvalue weighted by Gasteiger charge is 2.38. The molecule has 2 atom stereocenters. The predicted molar refractivity (Wildman–Crippen MR) is 180 cm³/mol. The van der Waals surface area contributed by atoms with Crippen LogP contribution < -0.4 is 9.47 Å². The van der Waals surface area contributed by atoms with E-state index in [0.717, 1.165) is 21.1 Å². The molecular weight excluding hydrogens is 732 g/mol. The molecule has 45 heavy (non-hydrogen) atoms. The first-order valence-corrected chi connectivity index (χ1v) is 16.4. The second-order valence-electron chi connectivity index (χ2n) is 9.62. The van der Waals surface area contributed by atoms with Crippen LogP contribution in [0.25, 0.3) is 12.2 Å². The van der Waals surface area contributed by atoms with E-state index in [-0.39, 0.29) is 34.0 Å². The summed E-state index contributed by atoms with van der Waals surface area (Å²) in [6.07, 6.45) is 6.02. The van der Waals surface area contributed by atoms with Crippen LogP contribution in [0.5, 0.6) is 11.5 Å². The van der Waals surface area contributed by atoms with Gasteiger partial charge in [0, 0.05) is 44.3 Å². The molecule has 0 aromatic heterocycles. The number of benzene rings is 4. The number of halogens is 2. The van der Waals surface area contributed by atoms with Crippen molar-refractivity contribution in [1.82, 2.24) is 0 Å². The molecule has 0 amide bonds. The minimum atomic E-state index is -4.47. The molecule has 10 nitrogen and oxygen atoms in total. The molecule has 0 heterocycles. The van der Waals surface area contributed by atoms with Gasteiger partial charge in [-0.05, 0) is 47.5 Å². The van der Waals surface area contributed by atoms with Gasteiger partial charge in [0.1, 0.15) is 22.0 Å². The zero-order valence-electron chi connectivity index (χ0n) is 23.9. The maximum absolute atomic E-state index is 14.9. The molecule has 0 fully saturated rings. The summed E-state index contributed by atoms with van der Waals surface area (Å²) in [5.74, 6) is 0.215. The van der Waals surface area contributed by atoms with Gasteiger partial charge in [-0.1, -0.05) is 80.4 Å². The van der Waals surface area contributed by atoms with Crippen LogP contribution in [0.3, 0.4) is 0 Å². The molecule has 4 rings (SSSR count). The smallest absolute Gasteiger partial charge is 0.270 e. The number of rotatable bonds is 12. The van der Waals surface area contributed by atoms with Crippen LogP contribution in [0.4, 0.5) is 11.4 Å². The van der Waals surface area contributed by atoms with Gasteiger partial charge in [-0.25, -0.2) is 8.42 Å². The quantitative estimate of drug-likeness (QED) is 0.103. The first kappa shape index (κ1) is 33.6. The number of non-ortho nitro benzene ring substituents is 2. The van der Waals surface area contributed by atoms with E-state index in [1.807, 2.05) is 0 Å². The van der Waals surface area contributed by atoms with Crippen molar-refractivity contribution in [2.75, 3.05) is 14.2 Å². The second kappa shape index (κ2) is 14.6. The summed E-state index contributed by atoms with van der Waals surface area (Å²) in [6, 6.07) is 21.7. The first-order valence-electron chi connectivity index (χ1n) is 13.2. The molecule has 0 aliphatic carbocycles. The molecule has 232 valence electrons. The van der Waals surface area contributed by atoms with Crippen molar-refractivity contribution in [3.8, 4) is 11.5 Å². The third-order valence-corrected chi connectivity index (χ3v) is 10.1. The van der Waals surface area contributed by atoms with Crippen molar-refractivity contribution in [2.24, 2.45) is 0 Å². The Bertz CT molecular complexity index is 1750. The van der Waals surface area contributed by atoms with Crippen molar-refractivity contribution in [2.45, 2.75) is 10.5 Å². The van der Waals surface area contributed by atoms with E-state index in [1.54, 1.807) is 60.7 Å². The van der Waals surface area contributed by atoms with E-state index >= 15 is 0 Å². The Balaban J connectivity index is 2.01. The summed E-state index contributed by atoms with van der Waals surface area (Å²) in [6.45, 7) is 0. The van der Waals surface area contributed by atoms with Crippen molar-refractivity contribution in [3.05, 3.63) is 149 Å². The number of methoxy groups -OCH3 is 2. The summed E-state index contributed by atoms with van der Waals surface area (Å²) >= 11 is 6.76. The number of ether oxygens (including phenoxy) is 2. The third kappa shape index (κ3) is 8.04. The van der Waals surface area contributed by atoms with E-state index in [9.17, 15) is 28.6 Å². The second-order valence-corrected chi connectivity index (χ2v) is 13.6. The zero-order valence-corrected chi connectivity index (χ0v) is 27.9. The maximum Gasteiger partial charge on any atom is 0.270 e. The van der Waals surface area contributed by atoms with Gasteiger partial charge in [0.2, 0.25) is 0 Å². The summed E-state index contributed by atoms with van der Waals surface area (Å²) in [5.41, 5.74) is 0.698. The minimum Gasteiger partial charge on any atom is -0.496 e. The standard InChI is InChI=1S/C32H26Br2N2O8S/c1-43-29-15-13-25(35(37)38)19-27(29)31(17-7-21-3-9-23(33)10-4-21)45(41,42)32(18-8-22-5-11-24(34)12-6-22)28-20-26(36(39)40)14-16-30(28)44-2/h3-20,31-32H,1-2H3. The summed E-state index contributed by atoms with van der Waals surface area (Å²) in [7, 11) is -1.80. The molecule has 4 aromatic rings. The van der Waals surface area contributed by atoms with Gasteiger partial charge in [0.15, 0.2) is 9.84 Å². The number of hydrogen-bond acceptors (Lipinski definition) is 8. The Labute approximate surface area is 276 Å². The van der Waals surface area contributed by atoms with Crippen LogP contribution in [0.15, 0.2) is 106 Å². The number of nitro groups is 2. The van der Waals surface area contributed by atoms with E-state index < -0.39 is 30.2 Å². The van der Waals surface area contributed by atoms with Gasteiger partial charge in [0.05, 0.1) is 24.1 Å². The van der Waals surface area contributed by atoms with Crippen molar-refractivity contribution >= 4 is 65.2 Å². The molecular formula is C32H26Br2N2O8S. The molecule has 0 bridgehead atoms. The van der Waals surface area contributed by atoms with E-state index in [4.69, 9.17) is 9.47 Å². The molecule has 0 aliphatic rings. The van der Waals surface area contributed by atoms with Crippen LogP contribution in [0.2, 0.25) is 0 Å². The number of nitro benzene ring substituents is 2. The highest BCUT2D eigenvalue weighted by molar-refractivity contribution is 9.10. The Hall–Kier alpha value is -4.33. The van der Waals surface area contributed by atoms with E-state index in [0.29, 0.717) is 11.1 Å². The van der Waals surface area contributed by atoms with Gasteiger partial charge in [-0.2, -0.15) is 0 Å². The average molecular weight is 758 g/mol. The van der Waals surface area contributed by atoms with E-state index in [2.05, 4.69) is 31.9 Å².